The van der Waals surface area contributed by atoms with Crippen LogP contribution in [0.1, 0.15) is 48.5 Å². The third-order valence-electron chi connectivity index (χ3n) is 2.98. The van der Waals surface area contributed by atoms with Crippen LogP contribution >= 0.6 is 23.4 Å². The van der Waals surface area contributed by atoms with E-state index in [1.807, 2.05) is 40.9 Å². The van der Waals surface area contributed by atoms with E-state index in [1.165, 1.54) is 11.8 Å². The third-order valence-corrected chi connectivity index (χ3v) is 3.70. The van der Waals surface area contributed by atoms with Gasteiger partial charge >= 0.3 is 0 Å². The van der Waals surface area contributed by atoms with Crippen LogP contribution in [0.4, 0.5) is 23.8 Å². The topological polar surface area (TPSA) is 125 Å². The minimum atomic E-state index is -0.103. The zero-order chi connectivity index (χ0) is 22.7. The molecule has 30 heavy (non-hydrogen) atoms. The number of halogens is 1. The Morgan fingerprint density at radius 2 is 1.33 bits per heavy atom. The molecule has 0 fully saturated rings. The predicted octanol–water partition coefficient (Wildman–Crippen LogP) is 4.01. The molecule has 168 valence electrons. The fraction of sp³-hybridized carbons (Fsp3) is 0.667. The van der Waals surface area contributed by atoms with Crippen molar-refractivity contribution < 1.29 is 0 Å². The van der Waals surface area contributed by atoms with Crippen LogP contribution in [0.3, 0.4) is 0 Å². The first-order valence-corrected chi connectivity index (χ1v) is 11.4. The van der Waals surface area contributed by atoms with E-state index in [9.17, 15) is 0 Å². The molecule has 2 aromatic rings. The molecule has 0 aromatic carbocycles. The summed E-state index contributed by atoms with van der Waals surface area (Å²) in [5.41, 5.74) is -0.103. The van der Waals surface area contributed by atoms with Crippen LogP contribution in [-0.4, -0.2) is 60.8 Å². The van der Waals surface area contributed by atoms with Crippen molar-refractivity contribution in [3.05, 3.63) is 5.28 Å². The van der Waals surface area contributed by atoms with Crippen molar-refractivity contribution in [1.82, 2.24) is 29.9 Å². The summed E-state index contributed by atoms with van der Waals surface area (Å²) in [5.74, 6) is 2.23. The van der Waals surface area contributed by atoms with Crippen LogP contribution in [0.2, 0.25) is 5.28 Å². The van der Waals surface area contributed by atoms with E-state index < -0.39 is 0 Å². The molecule has 4 N–H and O–H groups in total. The number of hydrogen-bond acceptors (Lipinski definition) is 11. The second-order valence-electron chi connectivity index (χ2n) is 7.46. The van der Waals surface area contributed by atoms with Crippen molar-refractivity contribution in [3.8, 4) is 0 Å². The van der Waals surface area contributed by atoms with Gasteiger partial charge in [0, 0.05) is 24.7 Å². The van der Waals surface area contributed by atoms with E-state index in [2.05, 4.69) is 65.0 Å². The SMILES string of the molecule is CCNc1nc(Cl)nc(NC(C)(C)C)n1.CCNc1nc(NC(C)C)nc(SC)n1. The maximum Gasteiger partial charge on any atom is 0.229 e. The Morgan fingerprint density at radius 3 is 1.83 bits per heavy atom. The minimum Gasteiger partial charge on any atom is -0.354 e. The molecule has 0 radical (unpaired) electrons. The van der Waals surface area contributed by atoms with Crippen LogP contribution < -0.4 is 21.3 Å². The van der Waals surface area contributed by atoms with E-state index >= 15 is 0 Å². The van der Waals surface area contributed by atoms with Gasteiger partial charge in [0.2, 0.25) is 29.1 Å². The fourth-order valence-corrected chi connectivity index (χ4v) is 2.50. The van der Waals surface area contributed by atoms with Gasteiger partial charge in [-0.2, -0.15) is 29.9 Å². The average molecular weight is 457 g/mol. The maximum absolute atomic E-state index is 5.77. The number of nitrogens with zero attached hydrogens (tertiary/aromatic N) is 6. The van der Waals surface area contributed by atoms with Gasteiger partial charge in [-0.05, 0) is 66.3 Å². The second-order valence-corrected chi connectivity index (χ2v) is 8.57. The molecule has 0 bridgehead atoms. The molecular formula is C18H33ClN10S. The lowest BCUT2D eigenvalue weighted by Crippen LogP contribution is -2.27. The van der Waals surface area contributed by atoms with Gasteiger partial charge in [0.1, 0.15) is 0 Å². The van der Waals surface area contributed by atoms with Gasteiger partial charge < -0.3 is 21.3 Å². The molecule has 0 aliphatic rings. The smallest absolute Gasteiger partial charge is 0.229 e. The number of hydrogen-bond donors (Lipinski definition) is 4. The van der Waals surface area contributed by atoms with Gasteiger partial charge in [0.15, 0.2) is 5.16 Å². The van der Waals surface area contributed by atoms with Crippen LogP contribution in [0, 0.1) is 0 Å². The largest absolute Gasteiger partial charge is 0.354 e. The molecule has 12 heteroatoms. The number of rotatable bonds is 8. The van der Waals surface area contributed by atoms with E-state index in [-0.39, 0.29) is 10.8 Å². The minimum absolute atomic E-state index is 0.103. The first-order chi connectivity index (χ1) is 14.1. The van der Waals surface area contributed by atoms with Gasteiger partial charge in [0.25, 0.3) is 0 Å². The van der Waals surface area contributed by atoms with Gasteiger partial charge in [-0.1, -0.05) is 11.8 Å². The highest BCUT2D eigenvalue weighted by molar-refractivity contribution is 7.98. The maximum atomic E-state index is 5.77. The van der Waals surface area contributed by atoms with E-state index in [1.54, 1.807) is 0 Å². The Kier molecular flexibility index (Phi) is 10.8. The fourth-order valence-electron chi connectivity index (χ4n) is 1.99. The van der Waals surface area contributed by atoms with Gasteiger partial charge in [-0.3, -0.25) is 0 Å². The molecule has 0 spiro atoms. The van der Waals surface area contributed by atoms with Crippen molar-refractivity contribution in [2.24, 2.45) is 0 Å². The van der Waals surface area contributed by atoms with Crippen LogP contribution in [-0.2, 0) is 0 Å². The molecule has 0 saturated carbocycles. The lowest BCUT2D eigenvalue weighted by atomic mass is 10.1. The molecule has 0 unspecified atom stereocenters. The molecule has 0 aliphatic heterocycles. The molecule has 0 aliphatic carbocycles. The van der Waals surface area contributed by atoms with Crippen molar-refractivity contribution in [3.63, 3.8) is 0 Å². The quantitative estimate of drug-likeness (QED) is 0.430. The van der Waals surface area contributed by atoms with Crippen LogP contribution in [0.15, 0.2) is 5.16 Å². The Morgan fingerprint density at radius 1 is 0.833 bits per heavy atom. The van der Waals surface area contributed by atoms with E-state index in [0.29, 0.717) is 29.8 Å². The average Bonchev–Trinajstić information content (AvgIpc) is 2.60. The lowest BCUT2D eigenvalue weighted by molar-refractivity contribution is 0.625. The predicted molar refractivity (Wildman–Crippen MR) is 127 cm³/mol. The summed E-state index contributed by atoms with van der Waals surface area (Å²) in [6.45, 7) is 15.7. The number of thioether (sulfide) groups is 1. The highest BCUT2D eigenvalue weighted by Gasteiger charge is 2.13. The first kappa shape index (κ1) is 25.9. The number of nitrogens with one attached hydrogen (secondary N) is 4. The highest BCUT2D eigenvalue weighted by Crippen LogP contribution is 2.14. The zero-order valence-electron chi connectivity index (χ0n) is 19.0. The van der Waals surface area contributed by atoms with Gasteiger partial charge in [-0.15, -0.1) is 0 Å². The Hall–Kier alpha value is -2.14. The number of anilines is 4. The summed E-state index contributed by atoms with van der Waals surface area (Å²) in [6.07, 6.45) is 1.95. The molecule has 2 heterocycles. The molecule has 0 atom stereocenters. The highest BCUT2D eigenvalue weighted by atomic mass is 35.5. The van der Waals surface area contributed by atoms with Crippen molar-refractivity contribution in [2.45, 2.75) is 65.2 Å². The van der Waals surface area contributed by atoms with Gasteiger partial charge in [0.05, 0.1) is 0 Å². The van der Waals surface area contributed by atoms with Crippen molar-refractivity contribution in [2.75, 3.05) is 40.6 Å². The Balaban J connectivity index is 0.000000300. The van der Waals surface area contributed by atoms with Gasteiger partial charge in [-0.25, -0.2) is 0 Å². The molecule has 0 saturated heterocycles. The Bertz CT molecular complexity index is 782. The summed E-state index contributed by atoms with van der Waals surface area (Å²) < 4.78 is 0. The van der Waals surface area contributed by atoms with Crippen LogP contribution in [0.25, 0.3) is 0 Å². The molecule has 2 rings (SSSR count). The second kappa shape index (κ2) is 12.5. The van der Waals surface area contributed by atoms with Crippen LogP contribution in [0.5, 0.6) is 0 Å². The first-order valence-electron chi connectivity index (χ1n) is 9.80. The monoisotopic (exact) mass is 456 g/mol. The molecular weight excluding hydrogens is 424 g/mol. The summed E-state index contributed by atoms with van der Waals surface area (Å²) in [6, 6.07) is 0.316. The van der Waals surface area contributed by atoms with Crippen molar-refractivity contribution >= 4 is 47.2 Å². The normalized spacial score (nSPS) is 10.9. The summed E-state index contributed by atoms with van der Waals surface area (Å²) in [4.78, 5) is 24.9. The van der Waals surface area contributed by atoms with E-state index in [0.717, 1.165) is 18.2 Å². The summed E-state index contributed by atoms with van der Waals surface area (Å²) in [5, 5.41) is 13.3. The Labute approximate surface area is 188 Å². The summed E-state index contributed by atoms with van der Waals surface area (Å²) >= 11 is 7.28. The number of aromatic nitrogens is 6. The molecule has 2 aromatic heterocycles. The van der Waals surface area contributed by atoms with Crippen molar-refractivity contribution in [1.29, 1.82) is 0 Å². The summed E-state index contributed by atoms with van der Waals surface area (Å²) in [7, 11) is 0. The lowest BCUT2D eigenvalue weighted by Gasteiger charge is -2.20. The third kappa shape index (κ3) is 10.6. The standard InChI is InChI=1S/C9H16ClN5.C9H17N5S/c1-5-11-7-12-6(10)13-8(14-7)15-9(2,3)4;1-5-10-7-12-8(11-6(2)3)14-9(13-7)15-4/h5H2,1-4H3,(H2,11,12,13,14,15);6H,5H2,1-4H3,(H2,10,11,12,13,14). The van der Waals surface area contributed by atoms with E-state index in [4.69, 9.17) is 11.6 Å². The molecule has 0 amide bonds. The molecule has 10 nitrogen and oxygen atoms in total. The zero-order valence-corrected chi connectivity index (χ0v) is 20.5.